The van der Waals surface area contributed by atoms with E-state index in [1.807, 2.05) is 30.3 Å². The van der Waals surface area contributed by atoms with Crippen molar-refractivity contribution in [1.29, 1.82) is 0 Å². The Kier molecular flexibility index (Phi) is 3.05. The lowest BCUT2D eigenvalue weighted by Gasteiger charge is -2.06. The average molecular weight is 228 g/mol. The fourth-order valence-electron chi connectivity index (χ4n) is 1.54. The molecule has 0 bridgehead atoms. The molecule has 0 saturated heterocycles. The molecule has 0 fully saturated rings. The highest BCUT2D eigenvalue weighted by Gasteiger charge is 2.12. The summed E-state index contributed by atoms with van der Waals surface area (Å²) >= 11 is 0. The SMILES string of the molecule is COC(=O)c1cc(-c2ccccc2)cnc1N. The number of ether oxygens (including phenoxy) is 1. The minimum absolute atomic E-state index is 0.177. The molecule has 0 unspecified atom stereocenters. The van der Waals surface area contributed by atoms with Gasteiger partial charge in [-0.2, -0.15) is 0 Å². The van der Waals surface area contributed by atoms with Crippen LogP contribution in [0.3, 0.4) is 0 Å². The summed E-state index contributed by atoms with van der Waals surface area (Å²) in [5, 5.41) is 0. The lowest BCUT2D eigenvalue weighted by atomic mass is 10.1. The Morgan fingerprint density at radius 2 is 1.94 bits per heavy atom. The van der Waals surface area contributed by atoms with Gasteiger partial charge in [-0.05, 0) is 11.6 Å². The molecule has 0 atom stereocenters. The highest BCUT2D eigenvalue weighted by Crippen LogP contribution is 2.21. The molecular weight excluding hydrogens is 216 g/mol. The van der Waals surface area contributed by atoms with E-state index in [1.165, 1.54) is 7.11 Å². The van der Waals surface area contributed by atoms with Gasteiger partial charge >= 0.3 is 5.97 Å². The average Bonchev–Trinajstić information content (AvgIpc) is 2.39. The van der Waals surface area contributed by atoms with Gasteiger partial charge in [0.1, 0.15) is 11.4 Å². The van der Waals surface area contributed by atoms with E-state index >= 15 is 0 Å². The number of hydrogen-bond donors (Lipinski definition) is 1. The maximum atomic E-state index is 11.5. The molecule has 2 aromatic rings. The molecule has 1 heterocycles. The highest BCUT2D eigenvalue weighted by atomic mass is 16.5. The highest BCUT2D eigenvalue weighted by molar-refractivity contribution is 5.95. The molecule has 0 amide bonds. The molecule has 4 heteroatoms. The van der Waals surface area contributed by atoms with Crippen LogP contribution >= 0.6 is 0 Å². The number of methoxy groups -OCH3 is 1. The fourth-order valence-corrected chi connectivity index (χ4v) is 1.54. The lowest BCUT2D eigenvalue weighted by Crippen LogP contribution is -2.07. The molecule has 0 aliphatic carbocycles. The second-order valence-electron chi connectivity index (χ2n) is 3.51. The number of nitrogen functional groups attached to an aromatic ring is 1. The molecule has 1 aromatic heterocycles. The first-order chi connectivity index (χ1) is 8.22. The van der Waals surface area contributed by atoms with Crippen molar-refractivity contribution in [2.75, 3.05) is 12.8 Å². The van der Waals surface area contributed by atoms with Gasteiger partial charge in [-0.25, -0.2) is 9.78 Å². The predicted octanol–water partition coefficient (Wildman–Crippen LogP) is 2.12. The molecule has 1 aromatic carbocycles. The van der Waals surface area contributed by atoms with Crippen molar-refractivity contribution in [1.82, 2.24) is 4.98 Å². The van der Waals surface area contributed by atoms with Crippen molar-refractivity contribution in [2.24, 2.45) is 0 Å². The van der Waals surface area contributed by atoms with Crippen molar-refractivity contribution >= 4 is 11.8 Å². The van der Waals surface area contributed by atoms with Crippen LogP contribution in [0.25, 0.3) is 11.1 Å². The molecule has 2 N–H and O–H groups in total. The van der Waals surface area contributed by atoms with E-state index in [9.17, 15) is 4.79 Å². The van der Waals surface area contributed by atoms with Crippen LogP contribution in [0, 0.1) is 0 Å². The molecule has 0 saturated carbocycles. The Morgan fingerprint density at radius 3 is 2.59 bits per heavy atom. The van der Waals surface area contributed by atoms with Gasteiger partial charge in [-0.1, -0.05) is 30.3 Å². The zero-order valence-corrected chi connectivity index (χ0v) is 9.38. The Morgan fingerprint density at radius 1 is 1.24 bits per heavy atom. The van der Waals surface area contributed by atoms with E-state index < -0.39 is 5.97 Å². The van der Waals surface area contributed by atoms with Crippen LogP contribution in [0.15, 0.2) is 42.6 Å². The van der Waals surface area contributed by atoms with E-state index in [0.29, 0.717) is 0 Å². The third-order valence-corrected chi connectivity index (χ3v) is 2.43. The van der Waals surface area contributed by atoms with E-state index in [-0.39, 0.29) is 11.4 Å². The summed E-state index contributed by atoms with van der Waals surface area (Å²) < 4.78 is 4.65. The Balaban J connectivity index is 2.48. The van der Waals surface area contributed by atoms with Gasteiger partial charge in [0, 0.05) is 11.8 Å². The number of benzene rings is 1. The lowest BCUT2D eigenvalue weighted by molar-refractivity contribution is 0.0601. The number of nitrogens with zero attached hydrogens (tertiary/aromatic N) is 1. The summed E-state index contributed by atoms with van der Waals surface area (Å²) in [5.74, 6) is -0.302. The maximum absolute atomic E-state index is 11.5. The minimum atomic E-state index is -0.479. The summed E-state index contributed by atoms with van der Waals surface area (Å²) in [7, 11) is 1.32. The third-order valence-electron chi connectivity index (χ3n) is 2.43. The van der Waals surface area contributed by atoms with Crippen molar-refractivity contribution in [3.05, 3.63) is 48.2 Å². The maximum Gasteiger partial charge on any atom is 0.341 e. The number of carbonyl (C=O) groups excluding carboxylic acids is 1. The number of aromatic nitrogens is 1. The summed E-state index contributed by atoms with van der Waals surface area (Å²) in [6.07, 6.45) is 1.64. The van der Waals surface area contributed by atoms with Gasteiger partial charge in [0.05, 0.1) is 7.11 Å². The zero-order valence-electron chi connectivity index (χ0n) is 9.38. The molecule has 86 valence electrons. The van der Waals surface area contributed by atoms with Gasteiger partial charge in [0.2, 0.25) is 0 Å². The quantitative estimate of drug-likeness (QED) is 0.799. The molecule has 0 aliphatic heterocycles. The number of pyridine rings is 1. The van der Waals surface area contributed by atoms with Gasteiger partial charge < -0.3 is 10.5 Å². The van der Waals surface area contributed by atoms with Gasteiger partial charge in [0.15, 0.2) is 0 Å². The first-order valence-electron chi connectivity index (χ1n) is 5.11. The smallest absolute Gasteiger partial charge is 0.341 e. The van der Waals surface area contributed by atoms with Crippen LogP contribution in [0.1, 0.15) is 10.4 Å². The second kappa shape index (κ2) is 4.65. The van der Waals surface area contributed by atoms with Crippen molar-refractivity contribution in [2.45, 2.75) is 0 Å². The van der Waals surface area contributed by atoms with Crippen molar-refractivity contribution < 1.29 is 9.53 Å². The standard InChI is InChI=1S/C13H12N2O2/c1-17-13(16)11-7-10(8-15-12(11)14)9-5-3-2-4-6-9/h2-8H,1H3,(H2,14,15). The summed E-state index contributed by atoms with van der Waals surface area (Å²) in [6.45, 7) is 0. The minimum Gasteiger partial charge on any atom is -0.465 e. The summed E-state index contributed by atoms with van der Waals surface area (Å²) in [6, 6.07) is 11.3. The Bertz CT molecular complexity index is 538. The van der Waals surface area contributed by atoms with Crippen LogP contribution < -0.4 is 5.73 Å². The number of rotatable bonds is 2. The summed E-state index contributed by atoms with van der Waals surface area (Å²) in [4.78, 5) is 15.5. The first-order valence-corrected chi connectivity index (χ1v) is 5.11. The molecule has 2 rings (SSSR count). The Hall–Kier alpha value is -2.36. The number of hydrogen-bond acceptors (Lipinski definition) is 4. The Labute approximate surface area is 99.1 Å². The van der Waals surface area contributed by atoms with Gasteiger partial charge in [-0.15, -0.1) is 0 Å². The van der Waals surface area contributed by atoms with E-state index in [4.69, 9.17) is 5.73 Å². The first kappa shape index (κ1) is 11.1. The van der Waals surface area contributed by atoms with Crippen molar-refractivity contribution in [3.63, 3.8) is 0 Å². The van der Waals surface area contributed by atoms with Gasteiger partial charge in [0.25, 0.3) is 0 Å². The normalized spacial score (nSPS) is 9.94. The topological polar surface area (TPSA) is 65.2 Å². The van der Waals surface area contributed by atoms with Crippen LogP contribution in [0.4, 0.5) is 5.82 Å². The molecule has 0 radical (unpaired) electrons. The van der Waals surface area contributed by atoms with E-state index in [1.54, 1.807) is 12.3 Å². The van der Waals surface area contributed by atoms with E-state index in [0.717, 1.165) is 11.1 Å². The van der Waals surface area contributed by atoms with Crippen molar-refractivity contribution in [3.8, 4) is 11.1 Å². The zero-order chi connectivity index (χ0) is 12.3. The predicted molar refractivity (Wildman–Crippen MR) is 65.4 cm³/mol. The van der Waals surface area contributed by atoms with Crippen LogP contribution in [0.2, 0.25) is 0 Å². The second-order valence-corrected chi connectivity index (χ2v) is 3.51. The number of carbonyl (C=O) groups is 1. The largest absolute Gasteiger partial charge is 0.465 e. The monoisotopic (exact) mass is 228 g/mol. The third kappa shape index (κ3) is 2.25. The summed E-state index contributed by atoms with van der Waals surface area (Å²) in [5.41, 5.74) is 7.73. The molecular formula is C13H12N2O2. The number of nitrogens with two attached hydrogens (primary N) is 1. The van der Waals surface area contributed by atoms with Crippen LogP contribution in [-0.2, 0) is 4.74 Å². The number of anilines is 1. The van der Waals surface area contributed by atoms with Gasteiger partial charge in [-0.3, -0.25) is 0 Å². The molecule has 0 aliphatic rings. The van der Waals surface area contributed by atoms with E-state index in [2.05, 4.69) is 9.72 Å². The number of esters is 1. The fraction of sp³-hybridized carbons (Fsp3) is 0.0769. The van der Waals surface area contributed by atoms with Crippen LogP contribution in [0.5, 0.6) is 0 Å². The molecule has 4 nitrogen and oxygen atoms in total. The molecule has 17 heavy (non-hydrogen) atoms. The van der Waals surface area contributed by atoms with Crippen LogP contribution in [-0.4, -0.2) is 18.1 Å². The molecule has 0 spiro atoms.